The van der Waals surface area contributed by atoms with Crippen LogP contribution in [0.2, 0.25) is 0 Å². The van der Waals surface area contributed by atoms with E-state index in [-0.39, 0.29) is 17.8 Å². The van der Waals surface area contributed by atoms with Gasteiger partial charge < -0.3 is 19.7 Å². The topological polar surface area (TPSA) is 64.6 Å². The van der Waals surface area contributed by atoms with E-state index in [1.54, 1.807) is 19.0 Å². The number of likely N-dealkylation sites (N-methyl/N-ethyl adjacent to an activating group) is 1. The number of carbonyl (C=O) groups is 1. The summed E-state index contributed by atoms with van der Waals surface area (Å²) in [6.07, 6.45) is 3.73. The highest BCUT2D eigenvalue weighted by Gasteiger charge is 2.31. The van der Waals surface area contributed by atoms with Crippen LogP contribution in [0.1, 0.15) is 30.1 Å². The maximum atomic E-state index is 13.1. The predicted molar refractivity (Wildman–Crippen MR) is 128 cm³/mol. The number of likely N-dealkylation sites (tertiary alicyclic amines) is 1. The first-order valence-corrected chi connectivity index (χ1v) is 11.2. The molecule has 5 rings (SSSR count). The number of aromatic nitrogens is 2. The Labute approximate surface area is 187 Å². The van der Waals surface area contributed by atoms with E-state index in [2.05, 4.69) is 46.3 Å². The molecule has 0 unspecified atom stereocenters. The van der Waals surface area contributed by atoms with Crippen molar-refractivity contribution >= 4 is 28.2 Å². The zero-order chi connectivity index (χ0) is 22.4. The lowest BCUT2D eigenvalue weighted by atomic mass is 9.96. The monoisotopic (exact) mass is 431 g/mol. The molecule has 166 valence electrons. The lowest BCUT2D eigenvalue weighted by molar-refractivity contribution is 0.148. The number of hydrogen-bond acceptors (Lipinski definition) is 3. The van der Waals surface area contributed by atoms with Crippen molar-refractivity contribution in [3.05, 3.63) is 70.3 Å². The van der Waals surface area contributed by atoms with Crippen LogP contribution < -0.4 is 10.6 Å². The van der Waals surface area contributed by atoms with Gasteiger partial charge in [-0.05, 0) is 35.2 Å². The summed E-state index contributed by atoms with van der Waals surface area (Å²) in [5.74, 6) is 0.943. The lowest BCUT2D eigenvalue weighted by Crippen LogP contribution is -2.45. The maximum Gasteiger partial charge on any atom is 0.327 e. The number of nitrogens with zero attached hydrogens (tertiary/aromatic N) is 4. The molecule has 1 saturated heterocycles. The molecule has 1 N–H and O–H groups in total. The molecule has 0 aliphatic carbocycles. The first-order valence-electron chi connectivity index (χ1n) is 11.2. The fourth-order valence-corrected chi connectivity index (χ4v) is 4.97. The highest BCUT2D eigenvalue weighted by Crippen LogP contribution is 2.37. The molecule has 0 radical (unpaired) electrons. The third kappa shape index (κ3) is 3.38. The van der Waals surface area contributed by atoms with Crippen LogP contribution in [-0.2, 0) is 0 Å². The Hall–Kier alpha value is -3.48. The van der Waals surface area contributed by atoms with E-state index in [0.29, 0.717) is 13.1 Å². The molecule has 2 aliphatic rings. The number of piperidine rings is 1. The Morgan fingerprint density at radius 1 is 1.06 bits per heavy atom. The second-order valence-electron chi connectivity index (χ2n) is 8.95. The van der Waals surface area contributed by atoms with Crippen LogP contribution in [0.5, 0.6) is 0 Å². The van der Waals surface area contributed by atoms with E-state index in [1.165, 1.54) is 10.8 Å². The molecule has 3 aromatic rings. The summed E-state index contributed by atoms with van der Waals surface area (Å²) in [6, 6.07) is 14.9. The molecule has 1 fully saturated rings. The minimum atomic E-state index is -0.0761. The Balaban J connectivity index is 1.49. The van der Waals surface area contributed by atoms with Gasteiger partial charge in [-0.15, -0.1) is 0 Å². The number of carbonyl (C=O) groups excluding carboxylic acids is 1. The van der Waals surface area contributed by atoms with Crippen LogP contribution in [0.3, 0.4) is 0 Å². The van der Waals surface area contributed by atoms with Gasteiger partial charge in [0.1, 0.15) is 5.82 Å². The number of amides is 2. The second-order valence-corrected chi connectivity index (χ2v) is 8.95. The standard InChI is InChI=1S/C25H29N5O2/c1-27(2)25(32)29-14-10-20(11-15-29)30-23-22(26-24(30)31)21(12-13-28(23)3)19-9-8-17-6-4-5-7-18(17)16-19/h4-9,12,16,20H,10-11,13-15H2,1-3H3,(H,26,31). The molecule has 0 saturated carbocycles. The zero-order valence-electron chi connectivity index (χ0n) is 18.8. The third-order valence-electron chi connectivity index (χ3n) is 6.65. The molecule has 3 heterocycles. The normalized spacial score (nSPS) is 16.8. The Morgan fingerprint density at radius 3 is 2.50 bits per heavy atom. The van der Waals surface area contributed by atoms with Crippen molar-refractivity contribution < 1.29 is 4.79 Å². The van der Waals surface area contributed by atoms with Gasteiger partial charge in [-0.3, -0.25) is 4.57 Å². The van der Waals surface area contributed by atoms with Crippen molar-refractivity contribution in [2.75, 3.05) is 45.7 Å². The van der Waals surface area contributed by atoms with Crippen molar-refractivity contribution in [1.82, 2.24) is 19.4 Å². The fraction of sp³-hybridized carbons (Fsp3) is 0.360. The van der Waals surface area contributed by atoms with Crippen LogP contribution in [0.15, 0.2) is 53.3 Å². The Bertz CT molecular complexity index is 1260. The summed E-state index contributed by atoms with van der Waals surface area (Å²) in [5.41, 5.74) is 2.98. The molecule has 32 heavy (non-hydrogen) atoms. The molecule has 1 aromatic heterocycles. The molecule has 0 spiro atoms. The highest BCUT2D eigenvalue weighted by molar-refractivity contribution is 5.91. The largest absolute Gasteiger partial charge is 0.355 e. The Morgan fingerprint density at radius 2 is 1.78 bits per heavy atom. The van der Waals surface area contributed by atoms with Crippen LogP contribution in [-0.4, -0.2) is 66.2 Å². The highest BCUT2D eigenvalue weighted by atomic mass is 16.2. The van der Waals surface area contributed by atoms with Gasteiger partial charge in [-0.2, -0.15) is 0 Å². The number of imidazole rings is 1. The van der Waals surface area contributed by atoms with Crippen molar-refractivity contribution in [3.8, 4) is 0 Å². The van der Waals surface area contributed by atoms with Crippen LogP contribution in [0.25, 0.3) is 16.3 Å². The van der Waals surface area contributed by atoms with E-state index in [1.807, 2.05) is 28.6 Å². The quantitative estimate of drug-likeness (QED) is 0.675. The minimum Gasteiger partial charge on any atom is -0.355 e. The number of rotatable bonds is 2. The molecule has 0 bridgehead atoms. The molecular weight excluding hydrogens is 402 g/mol. The summed E-state index contributed by atoms with van der Waals surface area (Å²) in [4.78, 5) is 34.2. The van der Waals surface area contributed by atoms with Gasteiger partial charge in [0.25, 0.3) is 0 Å². The van der Waals surface area contributed by atoms with E-state index >= 15 is 0 Å². The number of benzene rings is 2. The number of hydrogen-bond donors (Lipinski definition) is 1. The van der Waals surface area contributed by atoms with Crippen molar-refractivity contribution in [2.45, 2.75) is 18.9 Å². The maximum absolute atomic E-state index is 13.1. The first-order chi connectivity index (χ1) is 15.4. The van der Waals surface area contributed by atoms with Crippen molar-refractivity contribution in [3.63, 3.8) is 0 Å². The average Bonchev–Trinajstić information content (AvgIpc) is 3.16. The number of aromatic amines is 1. The first kappa shape index (κ1) is 20.4. The second kappa shape index (κ2) is 7.89. The Kier molecular flexibility index (Phi) is 5.04. The van der Waals surface area contributed by atoms with E-state index in [9.17, 15) is 9.59 Å². The minimum absolute atomic E-state index is 0.0329. The van der Waals surface area contributed by atoms with Gasteiger partial charge >= 0.3 is 11.7 Å². The van der Waals surface area contributed by atoms with Gasteiger partial charge in [0.05, 0.1) is 5.69 Å². The third-order valence-corrected chi connectivity index (χ3v) is 6.65. The predicted octanol–water partition coefficient (Wildman–Crippen LogP) is 3.53. The number of urea groups is 1. The number of anilines is 1. The summed E-state index contributed by atoms with van der Waals surface area (Å²) in [7, 11) is 5.58. The molecule has 2 aliphatic heterocycles. The fourth-order valence-electron chi connectivity index (χ4n) is 4.97. The smallest absolute Gasteiger partial charge is 0.327 e. The van der Waals surface area contributed by atoms with Crippen LogP contribution in [0.4, 0.5) is 10.6 Å². The number of nitrogens with one attached hydrogen (secondary N) is 1. The average molecular weight is 432 g/mol. The number of fused-ring (bicyclic) bond motifs is 2. The van der Waals surface area contributed by atoms with Gasteiger partial charge in [0.15, 0.2) is 0 Å². The van der Waals surface area contributed by atoms with E-state index < -0.39 is 0 Å². The summed E-state index contributed by atoms with van der Waals surface area (Å²) in [6.45, 7) is 2.06. The van der Waals surface area contributed by atoms with Crippen LogP contribution >= 0.6 is 0 Å². The molecule has 2 aromatic carbocycles. The van der Waals surface area contributed by atoms with Gasteiger partial charge in [0, 0.05) is 52.4 Å². The summed E-state index contributed by atoms with van der Waals surface area (Å²) < 4.78 is 1.92. The molecular formula is C25H29N5O2. The van der Waals surface area contributed by atoms with Crippen molar-refractivity contribution in [1.29, 1.82) is 0 Å². The van der Waals surface area contributed by atoms with Gasteiger partial charge in [-0.25, -0.2) is 9.59 Å². The molecule has 2 amide bonds. The van der Waals surface area contributed by atoms with Crippen LogP contribution in [0, 0.1) is 0 Å². The van der Waals surface area contributed by atoms with Crippen molar-refractivity contribution in [2.24, 2.45) is 0 Å². The van der Waals surface area contributed by atoms with Gasteiger partial charge in [0.2, 0.25) is 0 Å². The summed E-state index contributed by atoms with van der Waals surface area (Å²) >= 11 is 0. The zero-order valence-corrected chi connectivity index (χ0v) is 18.8. The lowest BCUT2D eigenvalue weighted by Gasteiger charge is -2.35. The summed E-state index contributed by atoms with van der Waals surface area (Å²) in [5, 5.41) is 2.39. The molecule has 7 nitrogen and oxygen atoms in total. The van der Waals surface area contributed by atoms with Gasteiger partial charge in [-0.1, -0.05) is 42.5 Å². The molecule has 7 heteroatoms. The SMILES string of the molecule is CN(C)C(=O)N1CCC(n2c3c([nH]c2=O)C(c2ccc4ccccc4c2)=CCN3C)CC1. The van der Waals surface area contributed by atoms with E-state index in [4.69, 9.17) is 0 Å². The van der Waals surface area contributed by atoms with E-state index in [0.717, 1.165) is 42.0 Å². The molecule has 0 atom stereocenters. The number of H-pyrrole nitrogens is 1.